The van der Waals surface area contributed by atoms with Crippen molar-refractivity contribution in [3.05, 3.63) is 0 Å². The van der Waals surface area contributed by atoms with Crippen molar-refractivity contribution in [1.29, 1.82) is 0 Å². The van der Waals surface area contributed by atoms with Crippen LogP contribution >= 0.6 is 0 Å². The highest BCUT2D eigenvalue weighted by Gasteiger charge is 2.09. The van der Waals surface area contributed by atoms with Crippen molar-refractivity contribution in [3.8, 4) is 0 Å². The average molecular weight is 387 g/mol. The highest BCUT2D eigenvalue weighted by Crippen LogP contribution is 2.22. The van der Waals surface area contributed by atoms with Gasteiger partial charge >= 0.3 is 11.9 Å². The van der Waals surface area contributed by atoms with Crippen molar-refractivity contribution < 1.29 is 19.8 Å². The standard InChI is InChI=1S/2C10H20O2.CH3.Al/c2*1-10(2,3)8-6-4-5-7-9(11)12;;/h2*4-8H2,1-3H3,(H,11,12);1H3;. The predicted molar refractivity (Wildman–Crippen MR) is 112 cm³/mol. The van der Waals surface area contributed by atoms with Gasteiger partial charge < -0.3 is 10.2 Å². The summed E-state index contributed by atoms with van der Waals surface area (Å²) in [7, 11) is 0. The Morgan fingerprint density at radius 2 is 0.885 bits per heavy atom. The molecule has 0 atom stereocenters. The second kappa shape index (κ2) is 17.9. The lowest BCUT2D eigenvalue weighted by molar-refractivity contribution is -0.138. The first-order chi connectivity index (χ1) is 11.8. The van der Waals surface area contributed by atoms with Gasteiger partial charge in [0.2, 0.25) is 0 Å². The Kier molecular flexibility index (Phi) is 20.8. The quantitative estimate of drug-likeness (QED) is 0.339. The molecule has 0 saturated heterocycles. The van der Waals surface area contributed by atoms with E-state index < -0.39 is 11.9 Å². The maximum atomic E-state index is 10.2. The Morgan fingerprint density at radius 3 is 1.08 bits per heavy atom. The third-order valence-electron chi connectivity index (χ3n) is 3.63. The van der Waals surface area contributed by atoms with E-state index in [0.29, 0.717) is 23.7 Å². The maximum absolute atomic E-state index is 10.2. The van der Waals surface area contributed by atoms with Gasteiger partial charge in [0.05, 0.1) is 0 Å². The first-order valence-corrected chi connectivity index (χ1v) is 11.0. The van der Waals surface area contributed by atoms with E-state index in [4.69, 9.17) is 10.2 Å². The van der Waals surface area contributed by atoms with Crippen LogP contribution in [0.4, 0.5) is 0 Å². The number of carboxylic acids is 2. The molecule has 0 unspecified atom stereocenters. The minimum Gasteiger partial charge on any atom is -0.481 e. The number of hydrogen-bond donors (Lipinski definition) is 2. The Morgan fingerprint density at radius 1 is 0.615 bits per heavy atom. The molecule has 0 aromatic rings. The molecular formula is C21H43AlO4. The Hall–Kier alpha value is -0.528. The van der Waals surface area contributed by atoms with Gasteiger partial charge in [-0.05, 0) is 36.5 Å². The number of hydrogen-bond acceptors (Lipinski definition) is 2. The molecule has 0 bridgehead atoms. The fourth-order valence-electron chi connectivity index (χ4n) is 2.22. The van der Waals surface area contributed by atoms with E-state index in [2.05, 4.69) is 57.8 Å². The molecule has 0 aromatic heterocycles. The molecule has 0 aromatic carbocycles. The fourth-order valence-corrected chi connectivity index (χ4v) is 2.22. The Balaban J connectivity index is -0.000000371. The second-order valence-corrected chi connectivity index (χ2v) is 9.03. The van der Waals surface area contributed by atoms with Crippen molar-refractivity contribution in [1.82, 2.24) is 0 Å². The molecule has 0 heterocycles. The summed E-state index contributed by atoms with van der Waals surface area (Å²) in [6.07, 6.45) is 9.06. The van der Waals surface area contributed by atoms with Gasteiger partial charge in [-0.3, -0.25) is 9.59 Å². The van der Waals surface area contributed by atoms with Crippen molar-refractivity contribution in [2.24, 2.45) is 10.8 Å². The summed E-state index contributed by atoms with van der Waals surface area (Å²) < 4.78 is 0. The lowest BCUT2D eigenvalue weighted by Gasteiger charge is -2.17. The van der Waals surface area contributed by atoms with Crippen LogP contribution in [0.2, 0.25) is 5.79 Å². The number of carbonyl (C=O) groups is 2. The largest absolute Gasteiger partial charge is 0.481 e. The minimum atomic E-state index is -0.675. The van der Waals surface area contributed by atoms with E-state index in [1.54, 1.807) is 0 Å². The average Bonchev–Trinajstić information content (AvgIpc) is 2.46. The van der Waals surface area contributed by atoms with Crippen LogP contribution in [0.25, 0.3) is 0 Å². The van der Waals surface area contributed by atoms with Gasteiger partial charge in [-0.2, -0.15) is 0 Å². The zero-order valence-corrected chi connectivity index (χ0v) is 19.5. The number of unbranched alkanes of at least 4 members (excludes halogenated alkanes) is 4. The zero-order valence-electron chi connectivity index (χ0n) is 18.4. The third-order valence-corrected chi connectivity index (χ3v) is 3.63. The minimum absolute atomic E-state index is 0.324. The van der Waals surface area contributed by atoms with Gasteiger partial charge in [0, 0.05) is 12.8 Å². The first-order valence-electron chi connectivity index (χ1n) is 9.85. The van der Waals surface area contributed by atoms with Gasteiger partial charge in [-0.1, -0.05) is 67.2 Å². The second-order valence-electron chi connectivity index (χ2n) is 9.03. The highest BCUT2D eigenvalue weighted by molar-refractivity contribution is 6.05. The highest BCUT2D eigenvalue weighted by atomic mass is 27.0. The SMILES string of the molecule is CC(C)(C)CCCCCC(=O)O.CC(C)(C)CCCCCC(=O)O.[CH3][Al]. The molecule has 0 rings (SSSR count). The van der Waals surface area contributed by atoms with Gasteiger partial charge in [0.25, 0.3) is 0 Å². The van der Waals surface area contributed by atoms with Crippen molar-refractivity contribution in [2.45, 2.75) is 112 Å². The lowest BCUT2D eigenvalue weighted by Crippen LogP contribution is -2.04. The van der Waals surface area contributed by atoms with Crippen molar-refractivity contribution >= 4 is 28.2 Å². The number of rotatable bonds is 10. The molecule has 154 valence electrons. The maximum Gasteiger partial charge on any atom is 0.303 e. The molecule has 4 nitrogen and oxygen atoms in total. The Bertz CT molecular complexity index is 307. The summed E-state index contributed by atoms with van der Waals surface area (Å²) in [5.41, 5.74) is 0.784. The van der Waals surface area contributed by atoms with Crippen LogP contribution in [0, 0.1) is 10.8 Å². The van der Waals surface area contributed by atoms with E-state index in [1.165, 1.54) is 12.8 Å². The summed E-state index contributed by atoms with van der Waals surface area (Å²) in [5.74, 6) is 0.566. The summed E-state index contributed by atoms with van der Waals surface area (Å²) in [5, 5.41) is 16.7. The lowest BCUT2D eigenvalue weighted by atomic mass is 9.89. The van der Waals surface area contributed by atoms with Gasteiger partial charge in [0.1, 0.15) is 16.3 Å². The number of carboxylic acid groups (broad SMARTS) is 2. The number of aliphatic carboxylic acids is 2. The molecular weight excluding hydrogens is 343 g/mol. The van der Waals surface area contributed by atoms with Crippen molar-refractivity contribution in [2.75, 3.05) is 0 Å². The molecule has 26 heavy (non-hydrogen) atoms. The van der Waals surface area contributed by atoms with Gasteiger partial charge in [0.15, 0.2) is 0 Å². The van der Waals surface area contributed by atoms with E-state index >= 15 is 0 Å². The topological polar surface area (TPSA) is 74.6 Å². The van der Waals surface area contributed by atoms with Crippen LogP contribution in [0.15, 0.2) is 0 Å². The van der Waals surface area contributed by atoms with Crippen LogP contribution in [-0.4, -0.2) is 38.4 Å². The monoisotopic (exact) mass is 386 g/mol. The van der Waals surface area contributed by atoms with Crippen LogP contribution < -0.4 is 0 Å². The van der Waals surface area contributed by atoms with E-state index in [9.17, 15) is 9.59 Å². The predicted octanol–water partition coefficient (Wildman–Crippen LogP) is 6.34. The molecule has 0 aliphatic heterocycles. The molecule has 0 fully saturated rings. The smallest absolute Gasteiger partial charge is 0.303 e. The Labute approximate surface area is 170 Å². The molecule has 0 aliphatic rings. The molecule has 0 spiro atoms. The van der Waals surface area contributed by atoms with Crippen molar-refractivity contribution in [3.63, 3.8) is 0 Å². The molecule has 5 heteroatoms. The van der Waals surface area contributed by atoms with Gasteiger partial charge in [-0.25, -0.2) is 0 Å². The van der Waals surface area contributed by atoms with Crippen LogP contribution in [0.3, 0.4) is 0 Å². The molecule has 2 N–H and O–H groups in total. The summed E-state index contributed by atoms with van der Waals surface area (Å²) in [4.78, 5) is 20.3. The van der Waals surface area contributed by atoms with Crippen LogP contribution in [0.1, 0.15) is 106 Å². The molecule has 2 radical (unpaired) electrons. The normalized spacial score (nSPS) is 10.9. The third kappa shape index (κ3) is 38.8. The van der Waals surface area contributed by atoms with E-state index in [-0.39, 0.29) is 0 Å². The molecule has 0 saturated carbocycles. The van der Waals surface area contributed by atoms with Gasteiger partial charge in [-0.15, -0.1) is 5.79 Å². The zero-order chi connectivity index (χ0) is 21.2. The van der Waals surface area contributed by atoms with E-state index in [0.717, 1.165) is 38.5 Å². The molecule has 0 amide bonds. The summed E-state index contributed by atoms with van der Waals surface area (Å²) in [6.45, 7) is 13.3. The first kappa shape index (κ1) is 30.2. The van der Waals surface area contributed by atoms with E-state index in [1.807, 2.05) is 5.79 Å². The summed E-state index contributed by atoms with van der Waals surface area (Å²) in [6, 6.07) is 0. The summed E-state index contributed by atoms with van der Waals surface area (Å²) >= 11 is 2.42. The molecule has 0 aliphatic carbocycles. The van der Waals surface area contributed by atoms with Crippen LogP contribution in [-0.2, 0) is 9.59 Å². The fraction of sp³-hybridized carbons (Fsp3) is 0.905. The van der Waals surface area contributed by atoms with Crippen LogP contribution in [0.5, 0.6) is 0 Å².